The fourth-order valence-corrected chi connectivity index (χ4v) is 0.542. The number of aliphatic carboxylic acids is 1. The van der Waals surface area contributed by atoms with Crippen molar-refractivity contribution in [1.29, 1.82) is 0 Å². The lowest BCUT2D eigenvalue weighted by molar-refractivity contribution is -0.150. The van der Waals surface area contributed by atoms with Crippen LogP contribution < -0.4 is 10.6 Å². The number of carbonyl (C=O) groups excluding carboxylic acids is 3. The van der Waals surface area contributed by atoms with Crippen LogP contribution in [-0.2, 0) is 23.9 Å². The van der Waals surface area contributed by atoms with Crippen LogP contribution in [0.3, 0.4) is 0 Å². The molecule has 0 atom stereocenters. The zero-order chi connectivity index (χ0) is 11.8. The highest BCUT2D eigenvalue weighted by atomic mass is 16.5. The van der Waals surface area contributed by atoms with E-state index in [2.05, 4.69) is 10.1 Å². The number of rotatable bonds is 4. The van der Waals surface area contributed by atoms with Crippen LogP contribution in [0.15, 0.2) is 0 Å². The normalized spacial score (nSPS) is 8.87. The molecule has 15 heavy (non-hydrogen) atoms. The van der Waals surface area contributed by atoms with Gasteiger partial charge in [-0.2, -0.15) is 0 Å². The summed E-state index contributed by atoms with van der Waals surface area (Å²) in [5.41, 5.74) is 0. The zero-order valence-electron chi connectivity index (χ0n) is 7.90. The molecule has 0 aliphatic rings. The van der Waals surface area contributed by atoms with Crippen molar-refractivity contribution >= 4 is 23.8 Å². The van der Waals surface area contributed by atoms with Crippen molar-refractivity contribution in [2.75, 3.05) is 20.2 Å². The third-order valence-electron chi connectivity index (χ3n) is 1.26. The van der Waals surface area contributed by atoms with Crippen molar-refractivity contribution in [2.24, 2.45) is 0 Å². The zero-order valence-corrected chi connectivity index (χ0v) is 7.90. The average Bonchev–Trinajstić information content (AvgIpc) is 2.21. The van der Waals surface area contributed by atoms with Gasteiger partial charge in [0.2, 0.25) is 5.91 Å². The molecule has 0 aliphatic carbocycles. The Hall–Kier alpha value is -2.12. The second kappa shape index (κ2) is 6.35. The van der Waals surface area contributed by atoms with Gasteiger partial charge < -0.3 is 20.5 Å². The van der Waals surface area contributed by atoms with E-state index < -0.39 is 30.3 Å². The lowest BCUT2D eigenvalue weighted by Gasteiger charge is -2.03. The Bertz CT molecular complexity index is 287. The molecule has 0 fully saturated rings. The van der Waals surface area contributed by atoms with Crippen LogP contribution in [0.4, 0.5) is 0 Å². The maximum Gasteiger partial charge on any atom is 0.394 e. The van der Waals surface area contributed by atoms with Crippen molar-refractivity contribution in [3.63, 3.8) is 0 Å². The number of nitrogens with one attached hydrogen (secondary N) is 2. The smallest absolute Gasteiger partial charge is 0.394 e. The van der Waals surface area contributed by atoms with Gasteiger partial charge in [0.25, 0.3) is 0 Å². The first-order valence-corrected chi connectivity index (χ1v) is 3.82. The molecule has 0 aromatic heterocycles. The number of carboxylic acids is 1. The summed E-state index contributed by atoms with van der Waals surface area (Å²) >= 11 is 0. The van der Waals surface area contributed by atoms with Crippen LogP contribution in [0.1, 0.15) is 0 Å². The lowest BCUT2D eigenvalue weighted by atomic mass is 10.5. The molecule has 8 nitrogen and oxygen atoms in total. The van der Waals surface area contributed by atoms with Gasteiger partial charge >= 0.3 is 17.8 Å². The van der Waals surface area contributed by atoms with E-state index in [4.69, 9.17) is 5.11 Å². The predicted molar refractivity (Wildman–Crippen MR) is 45.7 cm³/mol. The van der Waals surface area contributed by atoms with Crippen LogP contribution >= 0.6 is 0 Å². The number of esters is 1. The predicted octanol–water partition coefficient (Wildman–Crippen LogP) is -2.52. The van der Waals surface area contributed by atoms with Crippen LogP contribution in [-0.4, -0.2) is 49.1 Å². The van der Waals surface area contributed by atoms with E-state index in [1.165, 1.54) is 0 Å². The Balaban J connectivity index is 3.71. The minimum Gasteiger partial charge on any atom is -0.474 e. The molecule has 2 amide bonds. The highest BCUT2D eigenvalue weighted by molar-refractivity contribution is 6.31. The molecule has 0 aromatic carbocycles. The van der Waals surface area contributed by atoms with Gasteiger partial charge in [0.15, 0.2) is 0 Å². The maximum atomic E-state index is 10.9. The molecule has 0 saturated heterocycles. The summed E-state index contributed by atoms with van der Waals surface area (Å²) in [6.07, 6.45) is 0. The van der Waals surface area contributed by atoms with E-state index in [-0.39, 0.29) is 6.54 Å². The number of ether oxygens (including phenoxy) is 1. The standard InChI is InChI=1S/C7H10N2O6/c1-15-5(11)3-8-4(10)2-9-6(12)7(13)14/h2-3H2,1H3,(H,8,10)(H,9,12)(H,13,14). The van der Waals surface area contributed by atoms with E-state index in [0.29, 0.717) is 0 Å². The Morgan fingerprint density at radius 1 is 1.13 bits per heavy atom. The summed E-state index contributed by atoms with van der Waals surface area (Å²) in [7, 11) is 1.15. The SMILES string of the molecule is COC(=O)CNC(=O)CNC(=O)C(=O)O. The summed E-state index contributed by atoms with van der Waals surface area (Å²) in [6, 6.07) is 0. The average molecular weight is 218 g/mol. The van der Waals surface area contributed by atoms with Gasteiger partial charge in [-0.3, -0.25) is 14.4 Å². The van der Waals surface area contributed by atoms with Crippen molar-refractivity contribution in [3.8, 4) is 0 Å². The molecule has 0 aromatic rings. The quantitative estimate of drug-likeness (QED) is 0.353. The highest BCUT2D eigenvalue weighted by Crippen LogP contribution is 1.72. The van der Waals surface area contributed by atoms with Crippen LogP contribution in [0, 0.1) is 0 Å². The van der Waals surface area contributed by atoms with E-state index >= 15 is 0 Å². The third-order valence-corrected chi connectivity index (χ3v) is 1.26. The number of hydrogen-bond acceptors (Lipinski definition) is 5. The summed E-state index contributed by atoms with van der Waals surface area (Å²) in [5.74, 6) is -4.30. The number of methoxy groups -OCH3 is 1. The molecule has 0 heterocycles. The summed E-state index contributed by atoms with van der Waals surface area (Å²) in [5, 5.41) is 12.1. The molecule has 0 rings (SSSR count). The minimum atomic E-state index is -1.68. The van der Waals surface area contributed by atoms with E-state index in [1.54, 1.807) is 0 Å². The number of carboxylic acid groups (broad SMARTS) is 1. The molecule has 0 aliphatic heterocycles. The van der Waals surface area contributed by atoms with Gasteiger partial charge in [0.1, 0.15) is 6.54 Å². The largest absolute Gasteiger partial charge is 0.474 e. The number of amides is 2. The van der Waals surface area contributed by atoms with E-state index in [9.17, 15) is 19.2 Å². The Kier molecular flexibility index (Phi) is 5.45. The molecule has 3 N–H and O–H groups in total. The molecule has 0 bridgehead atoms. The van der Waals surface area contributed by atoms with Crippen molar-refractivity contribution in [1.82, 2.24) is 10.6 Å². The molecule has 0 radical (unpaired) electrons. The monoisotopic (exact) mass is 218 g/mol. The first kappa shape index (κ1) is 12.9. The highest BCUT2D eigenvalue weighted by Gasteiger charge is 2.12. The van der Waals surface area contributed by atoms with Gasteiger partial charge in [-0.05, 0) is 0 Å². The van der Waals surface area contributed by atoms with Crippen LogP contribution in [0.5, 0.6) is 0 Å². The van der Waals surface area contributed by atoms with Gasteiger partial charge in [0, 0.05) is 0 Å². The molecule has 0 spiro atoms. The Morgan fingerprint density at radius 3 is 2.20 bits per heavy atom. The van der Waals surface area contributed by atoms with E-state index in [1.807, 2.05) is 5.32 Å². The number of hydrogen-bond donors (Lipinski definition) is 3. The van der Waals surface area contributed by atoms with Gasteiger partial charge in [-0.15, -0.1) is 0 Å². The molecule has 8 heteroatoms. The summed E-state index contributed by atoms with van der Waals surface area (Å²) in [4.78, 5) is 41.9. The van der Waals surface area contributed by atoms with Crippen molar-refractivity contribution in [2.45, 2.75) is 0 Å². The molecular formula is C7H10N2O6. The van der Waals surface area contributed by atoms with Crippen molar-refractivity contribution in [3.05, 3.63) is 0 Å². The van der Waals surface area contributed by atoms with E-state index in [0.717, 1.165) is 7.11 Å². The van der Waals surface area contributed by atoms with Crippen molar-refractivity contribution < 1.29 is 29.0 Å². The maximum absolute atomic E-state index is 10.9. The van der Waals surface area contributed by atoms with Gasteiger partial charge in [0.05, 0.1) is 13.7 Å². The summed E-state index contributed by atoms with van der Waals surface area (Å²) < 4.78 is 4.23. The minimum absolute atomic E-state index is 0.335. The first-order valence-electron chi connectivity index (χ1n) is 3.82. The topological polar surface area (TPSA) is 122 Å². The molecular weight excluding hydrogens is 208 g/mol. The van der Waals surface area contributed by atoms with Gasteiger partial charge in [-0.25, -0.2) is 4.79 Å². The van der Waals surface area contributed by atoms with Crippen LogP contribution in [0.2, 0.25) is 0 Å². The third kappa shape index (κ3) is 6.02. The molecule has 0 unspecified atom stereocenters. The second-order valence-corrected chi connectivity index (χ2v) is 2.34. The lowest BCUT2D eigenvalue weighted by Crippen LogP contribution is -2.41. The van der Waals surface area contributed by atoms with Gasteiger partial charge in [-0.1, -0.05) is 0 Å². The fourth-order valence-electron chi connectivity index (χ4n) is 0.542. The number of carbonyl (C=O) groups is 4. The molecule has 84 valence electrons. The summed E-state index contributed by atoms with van der Waals surface area (Å²) in [6.45, 7) is -0.847. The van der Waals surface area contributed by atoms with Crippen LogP contribution in [0.25, 0.3) is 0 Å². The Labute approximate surface area is 84.6 Å². The fraction of sp³-hybridized carbons (Fsp3) is 0.429. The first-order chi connectivity index (χ1) is 6.97. The second-order valence-electron chi connectivity index (χ2n) is 2.34. The Morgan fingerprint density at radius 2 is 1.73 bits per heavy atom. The molecule has 0 saturated carbocycles.